The number of furan rings is 1. The van der Waals surface area contributed by atoms with Gasteiger partial charge in [-0.2, -0.15) is 0 Å². The molecule has 0 aliphatic rings. The quantitative estimate of drug-likeness (QED) is 0.497. The minimum Gasteiger partial charge on any atom is -0.456 e. The number of carbonyl (C=O) groups is 1. The number of hydrogen-bond acceptors (Lipinski definition) is 6. The van der Waals surface area contributed by atoms with Crippen molar-refractivity contribution in [1.29, 1.82) is 0 Å². The number of carbonyl (C=O) groups excluding carboxylic acids is 1. The van der Waals surface area contributed by atoms with Gasteiger partial charge in [0.2, 0.25) is 0 Å². The van der Waals surface area contributed by atoms with E-state index in [0.717, 1.165) is 28.6 Å². The maximum absolute atomic E-state index is 11.4. The first-order valence-electron chi connectivity index (χ1n) is 6.19. The maximum atomic E-state index is 11.4. The Morgan fingerprint density at radius 2 is 2.25 bits per heavy atom. The third-order valence-corrected chi connectivity index (χ3v) is 3.74. The van der Waals surface area contributed by atoms with Crippen LogP contribution in [0.15, 0.2) is 15.9 Å². The normalized spacial score (nSPS) is 11.1. The Hall–Kier alpha value is -1.70. The van der Waals surface area contributed by atoms with Gasteiger partial charge in [-0.25, -0.2) is 10.8 Å². The van der Waals surface area contributed by atoms with Gasteiger partial charge in [0, 0.05) is 24.0 Å². The van der Waals surface area contributed by atoms with E-state index in [1.165, 1.54) is 0 Å². The number of aromatic nitrogens is 1. The van der Waals surface area contributed by atoms with Crippen LogP contribution < -0.4 is 11.3 Å². The fraction of sp³-hybridized carbons (Fsp3) is 0.385. The van der Waals surface area contributed by atoms with Crippen molar-refractivity contribution in [3.63, 3.8) is 0 Å². The van der Waals surface area contributed by atoms with Crippen molar-refractivity contribution >= 4 is 17.2 Å². The van der Waals surface area contributed by atoms with Crippen LogP contribution in [0.1, 0.15) is 32.6 Å². The average Bonchev–Trinajstić information content (AvgIpc) is 2.96. The zero-order chi connectivity index (χ0) is 14.7. The second-order valence-corrected chi connectivity index (χ2v) is 5.76. The van der Waals surface area contributed by atoms with E-state index in [2.05, 4.69) is 20.7 Å². The Balaban J connectivity index is 2.02. The molecular formula is C13H18N4O2S. The predicted molar refractivity (Wildman–Crippen MR) is 77.1 cm³/mol. The Kier molecular flexibility index (Phi) is 4.53. The first kappa shape index (κ1) is 14.7. The van der Waals surface area contributed by atoms with Crippen molar-refractivity contribution in [2.75, 3.05) is 7.05 Å². The smallest absolute Gasteiger partial charge is 0.300 e. The summed E-state index contributed by atoms with van der Waals surface area (Å²) in [5.41, 5.74) is 4.09. The molecule has 6 nitrogen and oxygen atoms in total. The third-order valence-electron chi connectivity index (χ3n) is 2.91. The van der Waals surface area contributed by atoms with E-state index in [0.29, 0.717) is 6.54 Å². The molecule has 20 heavy (non-hydrogen) atoms. The molecule has 0 bridgehead atoms. The number of amides is 1. The van der Waals surface area contributed by atoms with E-state index in [1.54, 1.807) is 17.4 Å². The number of hydrazine groups is 1. The Morgan fingerprint density at radius 3 is 2.85 bits per heavy atom. The SMILES string of the molecule is Cc1nc(CN(C)Cc2cc(C(=O)NN)oc2C)cs1. The van der Waals surface area contributed by atoms with E-state index in [9.17, 15) is 4.79 Å². The fourth-order valence-electron chi connectivity index (χ4n) is 1.96. The molecule has 0 spiro atoms. The predicted octanol–water partition coefficient (Wildman–Crippen LogP) is 1.59. The van der Waals surface area contributed by atoms with Crippen molar-refractivity contribution < 1.29 is 9.21 Å². The zero-order valence-electron chi connectivity index (χ0n) is 11.8. The summed E-state index contributed by atoms with van der Waals surface area (Å²) in [7, 11) is 2.00. The fourth-order valence-corrected chi connectivity index (χ4v) is 2.57. The van der Waals surface area contributed by atoms with Crippen molar-refractivity contribution in [2.45, 2.75) is 26.9 Å². The van der Waals surface area contributed by atoms with Gasteiger partial charge >= 0.3 is 5.91 Å². The van der Waals surface area contributed by atoms with Gasteiger partial charge < -0.3 is 4.42 Å². The van der Waals surface area contributed by atoms with Crippen LogP contribution in [0.3, 0.4) is 0 Å². The number of thiazole rings is 1. The molecule has 0 aliphatic heterocycles. The van der Waals surface area contributed by atoms with Crippen LogP contribution in [-0.2, 0) is 13.1 Å². The minimum absolute atomic E-state index is 0.234. The molecule has 3 N–H and O–H groups in total. The molecule has 7 heteroatoms. The Morgan fingerprint density at radius 1 is 1.50 bits per heavy atom. The molecule has 0 saturated heterocycles. The average molecular weight is 294 g/mol. The molecule has 0 fully saturated rings. The van der Waals surface area contributed by atoms with Crippen LogP contribution >= 0.6 is 11.3 Å². The molecule has 108 valence electrons. The number of nitrogen functional groups attached to an aromatic ring is 1. The lowest BCUT2D eigenvalue weighted by molar-refractivity contribution is 0.0924. The third kappa shape index (κ3) is 3.44. The molecule has 0 saturated carbocycles. The first-order valence-corrected chi connectivity index (χ1v) is 7.07. The summed E-state index contributed by atoms with van der Waals surface area (Å²) >= 11 is 1.64. The zero-order valence-corrected chi connectivity index (χ0v) is 12.6. The van der Waals surface area contributed by atoms with Crippen LogP contribution in [0.25, 0.3) is 0 Å². The molecule has 2 aromatic heterocycles. The number of nitrogens with two attached hydrogens (primary N) is 1. The second kappa shape index (κ2) is 6.17. The molecule has 0 aliphatic carbocycles. The van der Waals surface area contributed by atoms with Crippen molar-refractivity contribution in [1.82, 2.24) is 15.3 Å². The lowest BCUT2D eigenvalue weighted by Crippen LogP contribution is -2.29. The van der Waals surface area contributed by atoms with Gasteiger partial charge in [-0.3, -0.25) is 15.1 Å². The first-order chi connectivity index (χ1) is 9.49. The van der Waals surface area contributed by atoms with Crippen LogP contribution in [0, 0.1) is 13.8 Å². The highest BCUT2D eigenvalue weighted by Crippen LogP contribution is 2.17. The van der Waals surface area contributed by atoms with Gasteiger partial charge in [-0.05, 0) is 27.0 Å². The van der Waals surface area contributed by atoms with Crippen LogP contribution in [0.4, 0.5) is 0 Å². The van der Waals surface area contributed by atoms with Crippen LogP contribution in [0.5, 0.6) is 0 Å². The van der Waals surface area contributed by atoms with Gasteiger partial charge in [0.05, 0.1) is 10.7 Å². The Bertz CT molecular complexity index is 605. The van der Waals surface area contributed by atoms with Gasteiger partial charge in [-0.15, -0.1) is 11.3 Å². The standard InChI is InChI=1S/C13H18N4O2S/c1-8-10(4-12(19-8)13(18)16-14)5-17(3)6-11-7-20-9(2)15-11/h4,7H,5-6,14H2,1-3H3,(H,16,18). The largest absolute Gasteiger partial charge is 0.456 e. The Labute approximate surface area is 121 Å². The summed E-state index contributed by atoms with van der Waals surface area (Å²) in [5, 5.41) is 3.12. The maximum Gasteiger partial charge on any atom is 0.300 e. The topological polar surface area (TPSA) is 84.4 Å². The summed E-state index contributed by atoms with van der Waals surface area (Å²) in [5.74, 6) is 5.63. The number of rotatable bonds is 5. The van der Waals surface area contributed by atoms with Crippen molar-refractivity contribution in [2.24, 2.45) is 5.84 Å². The van der Waals surface area contributed by atoms with Crippen LogP contribution in [-0.4, -0.2) is 22.8 Å². The molecule has 0 radical (unpaired) electrons. The molecule has 2 rings (SSSR count). The highest BCUT2D eigenvalue weighted by atomic mass is 32.1. The van der Waals surface area contributed by atoms with Crippen molar-refractivity contribution in [3.05, 3.63) is 39.2 Å². The number of aryl methyl sites for hydroxylation is 2. The monoisotopic (exact) mass is 294 g/mol. The molecule has 0 aromatic carbocycles. The van der Waals surface area contributed by atoms with Gasteiger partial charge in [0.25, 0.3) is 0 Å². The summed E-state index contributed by atoms with van der Waals surface area (Å²) in [4.78, 5) is 18.0. The van der Waals surface area contributed by atoms with Crippen LogP contribution in [0.2, 0.25) is 0 Å². The minimum atomic E-state index is -0.419. The highest BCUT2D eigenvalue weighted by molar-refractivity contribution is 7.09. The van der Waals surface area contributed by atoms with E-state index in [-0.39, 0.29) is 5.76 Å². The molecular weight excluding hydrogens is 276 g/mol. The lowest BCUT2D eigenvalue weighted by Gasteiger charge is -2.14. The van der Waals surface area contributed by atoms with Gasteiger partial charge in [0.1, 0.15) is 5.76 Å². The van der Waals surface area contributed by atoms with Crippen molar-refractivity contribution in [3.8, 4) is 0 Å². The second-order valence-electron chi connectivity index (χ2n) is 4.70. The summed E-state index contributed by atoms with van der Waals surface area (Å²) < 4.78 is 5.39. The lowest BCUT2D eigenvalue weighted by atomic mass is 10.2. The summed E-state index contributed by atoms with van der Waals surface area (Å²) in [6, 6.07) is 1.72. The summed E-state index contributed by atoms with van der Waals surface area (Å²) in [6.07, 6.45) is 0. The molecule has 2 heterocycles. The van der Waals surface area contributed by atoms with E-state index in [1.807, 2.05) is 20.9 Å². The number of hydrogen-bond donors (Lipinski definition) is 2. The van der Waals surface area contributed by atoms with Gasteiger partial charge in [0.15, 0.2) is 5.76 Å². The molecule has 0 atom stereocenters. The number of nitrogens with one attached hydrogen (secondary N) is 1. The molecule has 2 aromatic rings. The van der Waals surface area contributed by atoms with E-state index >= 15 is 0 Å². The molecule has 0 unspecified atom stereocenters. The molecule has 1 amide bonds. The van der Waals surface area contributed by atoms with E-state index in [4.69, 9.17) is 10.3 Å². The number of nitrogens with zero attached hydrogens (tertiary/aromatic N) is 2. The van der Waals surface area contributed by atoms with Gasteiger partial charge in [-0.1, -0.05) is 0 Å². The summed E-state index contributed by atoms with van der Waals surface area (Å²) in [6.45, 7) is 5.27. The highest BCUT2D eigenvalue weighted by Gasteiger charge is 2.15. The van der Waals surface area contributed by atoms with E-state index < -0.39 is 5.91 Å².